The fourth-order valence-electron chi connectivity index (χ4n) is 2.97. The Morgan fingerprint density at radius 1 is 1.29 bits per heavy atom. The predicted molar refractivity (Wildman–Crippen MR) is 86.9 cm³/mol. The van der Waals surface area contributed by atoms with Crippen LogP contribution in [0.2, 0.25) is 5.02 Å². The van der Waals surface area contributed by atoms with Crippen LogP contribution in [0.4, 0.5) is 0 Å². The Labute approximate surface area is 144 Å². The standard InChI is InChI=1S/C17H18ClN3O3/c18-12-5-7-13(8-6-12)23-10-15(22)21-9-1-2-14(21)17-19-16(20-24-17)11-3-4-11/h5-8,11,14H,1-4,9-10H2. The van der Waals surface area contributed by atoms with Gasteiger partial charge in [-0.15, -0.1) is 0 Å². The van der Waals surface area contributed by atoms with Gasteiger partial charge in [-0.2, -0.15) is 4.98 Å². The van der Waals surface area contributed by atoms with E-state index >= 15 is 0 Å². The molecule has 1 unspecified atom stereocenters. The van der Waals surface area contributed by atoms with Gasteiger partial charge in [0.1, 0.15) is 11.8 Å². The first-order valence-electron chi connectivity index (χ1n) is 8.22. The van der Waals surface area contributed by atoms with E-state index < -0.39 is 0 Å². The minimum atomic E-state index is -0.133. The SMILES string of the molecule is O=C(COc1ccc(Cl)cc1)N1CCCC1c1nc(C2CC2)no1. The normalized spacial score (nSPS) is 20.4. The van der Waals surface area contributed by atoms with E-state index in [0.717, 1.165) is 31.5 Å². The number of carbonyl (C=O) groups is 1. The Bertz CT molecular complexity index is 727. The van der Waals surface area contributed by atoms with Crippen molar-refractivity contribution in [3.63, 3.8) is 0 Å². The van der Waals surface area contributed by atoms with E-state index in [4.69, 9.17) is 20.9 Å². The quantitative estimate of drug-likeness (QED) is 0.829. The molecule has 2 aromatic rings. The third-order valence-electron chi connectivity index (χ3n) is 4.43. The first kappa shape index (κ1) is 15.4. The second-order valence-electron chi connectivity index (χ2n) is 6.25. The molecule has 4 rings (SSSR count). The Balaban J connectivity index is 1.39. The van der Waals surface area contributed by atoms with Crippen molar-refractivity contribution < 1.29 is 14.1 Å². The van der Waals surface area contributed by atoms with E-state index in [9.17, 15) is 4.79 Å². The van der Waals surface area contributed by atoms with E-state index in [1.54, 1.807) is 29.2 Å². The molecule has 2 heterocycles. The lowest BCUT2D eigenvalue weighted by atomic mass is 10.2. The van der Waals surface area contributed by atoms with Crippen LogP contribution in [0, 0.1) is 0 Å². The third kappa shape index (κ3) is 3.24. The number of rotatable bonds is 5. The summed E-state index contributed by atoms with van der Waals surface area (Å²) in [6.45, 7) is 0.677. The predicted octanol–water partition coefficient (Wildman–Crippen LogP) is 3.34. The highest BCUT2D eigenvalue weighted by atomic mass is 35.5. The number of hydrogen-bond donors (Lipinski definition) is 0. The highest BCUT2D eigenvalue weighted by Gasteiger charge is 2.36. The Hall–Kier alpha value is -2.08. The summed E-state index contributed by atoms with van der Waals surface area (Å²) in [6, 6.07) is 6.83. The average molecular weight is 348 g/mol. The molecule has 7 heteroatoms. The van der Waals surface area contributed by atoms with Crippen molar-refractivity contribution in [2.75, 3.05) is 13.2 Å². The molecule has 2 fully saturated rings. The van der Waals surface area contributed by atoms with Crippen LogP contribution < -0.4 is 4.74 Å². The molecular weight excluding hydrogens is 330 g/mol. The summed E-state index contributed by atoms with van der Waals surface area (Å²) >= 11 is 5.84. The number of halogens is 1. The molecule has 1 aliphatic carbocycles. The van der Waals surface area contributed by atoms with Crippen LogP contribution >= 0.6 is 11.6 Å². The van der Waals surface area contributed by atoms with Crippen LogP contribution in [-0.4, -0.2) is 34.1 Å². The highest BCUT2D eigenvalue weighted by molar-refractivity contribution is 6.30. The zero-order chi connectivity index (χ0) is 16.5. The number of ether oxygens (including phenoxy) is 1. The summed E-state index contributed by atoms with van der Waals surface area (Å²) in [4.78, 5) is 18.8. The summed E-state index contributed by atoms with van der Waals surface area (Å²) < 4.78 is 11.0. The van der Waals surface area contributed by atoms with Crippen molar-refractivity contribution in [2.45, 2.75) is 37.6 Å². The number of likely N-dealkylation sites (tertiary alicyclic amines) is 1. The molecule has 0 spiro atoms. The molecule has 6 nitrogen and oxygen atoms in total. The molecule has 0 radical (unpaired) electrons. The Morgan fingerprint density at radius 3 is 2.83 bits per heavy atom. The van der Waals surface area contributed by atoms with Gasteiger partial charge in [-0.25, -0.2) is 0 Å². The Morgan fingerprint density at radius 2 is 2.08 bits per heavy atom. The number of benzene rings is 1. The minimum Gasteiger partial charge on any atom is -0.484 e. The van der Waals surface area contributed by atoms with Crippen molar-refractivity contribution in [1.29, 1.82) is 0 Å². The molecule has 1 aromatic carbocycles. The van der Waals surface area contributed by atoms with Crippen LogP contribution in [0.15, 0.2) is 28.8 Å². The molecule has 1 aromatic heterocycles. The van der Waals surface area contributed by atoms with E-state index in [2.05, 4.69) is 10.1 Å². The zero-order valence-corrected chi connectivity index (χ0v) is 13.9. The first-order chi connectivity index (χ1) is 11.7. The number of aromatic nitrogens is 2. The minimum absolute atomic E-state index is 0.0122. The van der Waals surface area contributed by atoms with Crippen LogP contribution in [0.3, 0.4) is 0 Å². The maximum Gasteiger partial charge on any atom is 0.261 e. The van der Waals surface area contributed by atoms with Gasteiger partial charge >= 0.3 is 0 Å². The van der Waals surface area contributed by atoms with Crippen LogP contribution in [0.5, 0.6) is 5.75 Å². The molecule has 0 N–H and O–H groups in total. The monoisotopic (exact) mass is 347 g/mol. The van der Waals surface area contributed by atoms with Gasteiger partial charge in [0, 0.05) is 17.5 Å². The van der Waals surface area contributed by atoms with Gasteiger partial charge in [-0.1, -0.05) is 16.8 Å². The maximum atomic E-state index is 12.5. The third-order valence-corrected chi connectivity index (χ3v) is 4.69. The average Bonchev–Trinajstić information content (AvgIpc) is 3.12. The van der Waals surface area contributed by atoms with Gasteiger partial charge in [0.15, 0.2) is 12.4 Å². The van der Waals surface area contributed by atoms with Gasteiger partial charge in [0.25, 0.3) is 5.91 Å². The van der Waals surface area contributed by atoms with E-state index in [1.165, 1.54) is 0 Å². The van der Waals surface area contributed by atoms with Gasteiger partial charge in [-0.3, -0.25) is 4.79 Å². The van der Waals surface area contributed by atoms with E-state index in [0.29, 0.717) is 29.1 Å². The van der Waals surface area contributed by atoms with E-state index in [-0.39, 0.29) is 18.6 Å². The first-order valence-corrected chi connectivity index (χ1v) is 8.60. The second-order valence-corrected chi connectivity index (χ2v) is 6.69. The summed E-state index contributed by atoms with van der Waals surface area (Å²) in [5.74, 6) is 2.33. The fourth-order valence-corrected chi connectivity index (χ4v) is 3.10. The molecule has 2 aliphatic rings. The molecule has 1 amide bonds. The maximum absolute atomic E-state index is 12.5. The van der Waals surface area contributed by atoms with E-state index in [1.807, 2.05) is 0 Å². The van der Waals surface area contributed by atoms with Gasteiger partial charge in [-0.05, 0) is 49.9 Å². The molecular formula is C17H18ClN3O3. The number of amides is 1. The highest BCUT2D eigenvalue weighted by Crippen LogP contribution is 2.39. The van der Waals surface area contributed by atoms with Crippen molar-refractivity contribution in [3.05, 3.63) is 41.0 Å². The zero-order valence-electron chi connectivity index (χ0n) is 13.2. The Kier molecular flexibility index (Phi) is 4.14. The molecule has 1 saturated heterocycles. The number of hydrogen-bond acceptors (Lipinski definition) is 5. The molecule has 126 valence electrons. The van der Waals surface area contributed by atoms with Crippen molar-refractivity contribution >= 4 is 17.5 Å². The summed E-state index contributed by atoms with van der Waals surface area (Å²) in [7, 11) is 0. The largest absolute Gasteiger partial charge is 0.484 e. The van der Waals surface area contributed by atoms with Gasteiger partial charge in [0.05, 0.1) is 0 Å². The smallest absolute Gasteiger partial charge is 0.261 e. The lowest BCUT2D eigenvalue weighted by molar-refractivity contribution is -0.134. The number of nitrogens with zero attached hydrogens (tertiary/aromatic N) is 3. The van der Waals surface area contributed by atoms with Gasteiger partial charge in [0.2, 0.25) is 5.89 Å². The fraction of sp³-hybridized carbons (Fsp3) is 0.471. The van der Waals surface area contributed by atoms with Crippen LogP contribution in [0.1, 0.15) is 49.4 Å². The topological polar surface area (TPSA) is 68.5 Å². The summed E-state index contributed by atoms with van der Waals surface area (Å²) in [5.41, 5.74) is 0. The summed E-state index contributed by atoms with van der Waals surface area (Å²) in [5, 5.41) is 4.69. The molecule has 0 bridgehead atoms. The van der Waals surface area contributed by atoms with Crippen molar-refractivity contribution in [3.8, 4) is 5.75 Å². The van der Waals surface area contributed by atoms with Crippen molar-refractivity contribution in [1.82, 2.24) is 15.0 Å². The molecule has 1 saturated carbocycles. The van der Waals surface area contributed by atoms with Crippen molar-refractivity contribution in [2.24, 2.45) is 0 Å². The van der Waals surface area contributed by atoms with Crippen LogP contribution in [-0.2, 0) is 4.79 Å². The van der Waals surface area contributed by atoms with Crippen LogP contribution in [0.25, 0.3) is 0 Å². The molecule has 1 atom stereocenters. The second kappa shape index (κ2) is 6.43. The lowest BCUT2D eigenvalue weighted by Gasteiger charge is -2.21. The molecule has 24 heavy (non-hydrogen) atoms. The van der Waals surface area contributed by atoms with Gasteiger partial charge < -0.3 is 14.2 Å². The molecule has 1 aliphatic heterocycles. The summed E-state index contributed by atoms with van der Waals surface area (Å²) in [6.07, 6.45) is 4.03. The number of carbonyl (C=O) groups excluding carboxylic acids is 1. The lowest BCUT2D eigenvalue weighted by Crippen LogP contribution is -2.34.